The molecule has 8 nitrogen and oxygen atoms in total. The van der Waals surface area contributed by atoms with Crippen LogP contribution in [0.4, 0.5) is 0 Å². The summed E-state index contributed by atoms with van der Waals surface area (Å²) in [6.45, 7) is 6.90. The van der Waals surface area contributed by atoms with E-state index in [9.17, 15) is 4.79 Å². The topological polar surface area (TPSA) is 108 Å². The van der Waals surface area contributed by atoms with Gasteiger partial charge >= 0.3 is 0 Å². The van der Waals surface area contributed by atoms with E-state index >= 15 is 0 Å². The van der Waals surface area contributed by atoms with Crippen molar-refractivity contribution in [3.05, 3.63) is 54.2 Å². The van der Waals surface area contributed by atoms with Crippen LogP contribution in [-0.2, 0) is 13.6 Å². The van der Waals surface area contributed by atoms with Crippen LogP contribution in [0.2, 0.25) is 0 Å². The van der Waals surface area contributed by atoms with Gasteiger partial charge in [0, 0.05) is 55.6 Å². The second-order valence-electron chi connectivity index (χ2n) is 10.0. The van der Waals surface area contributed by atoms with Gasteiger partial charge in [0.25, 0.3) is 5.91 Å². The Morgan fingerprint density at radius 1 is 1.23 bits per heavy atom. The van der Waals surface area contributed by atoms with Gasteiger partial charge in [0.15, 0.2) is 5.82 Å². The van der Waals surface area contributed by atoms with Gasteiger partial charge in [-0.3, -0.25) is 4.79 Å². The number of amides is 1. The van der Waals surface area contributed by atoms with Crippen molar-refractivity contribution in [3.63, 3.8) is 0 Å². The summed E-state index contributed by atoms with van der Waals surface area (Å²) < 4.78 is 4.25. The largest absolute Gasteiger partial charge is 0.370 e. The Bertz CT molecular complexity index is 1480. The number of pyridine rings is 1. The average molecular weight is 470 g/mol. The van der Waals surface area contributed by atoms with Crippen molar-refractivity contribution in [3.8, 4) is 11.5 Å². The minimum Gasteiger partial charge on any atom is -0.370 e. The molecule has 0 spiro atoms. The zero-order valence-corrected chi connectivity index (χ0v) is 20.1. The third-order valence-electron chi connectivity index (χ3n) is 7.43. The quantitative estimate of drug-likeness (QED) is 0.449. The molecule has 4 heterocycles. The predicted octanol–water partition coefficient (Wildman–Crippen LogP) is 3.49. The van der Waals surface area contributed by atoms with E-state index in [-0.39, 0.29) is 6.04 Å². The van der Waals surface area contributed by atoms with E-state index in [4.69, 9.17) is 16.5 Å². The Morgan fingerprint density at radius 3 is 2.80 bits per heavy atom. The van der Waals surface area contributed by atoms with E-state index in [1.165, 1.54) is 12.8 Å². The average Bonchev–Trinajstić information content (AvgIpc) is 3.52. The molecule has 1 aliphatic carbocycles. The van der Waals surface area contributed by atoms with Gasteiger partial charge in [0.2, 0.25) is 0 Å². The first-order chi connectivity index (χ1) is 16.9. The van der Waals surface area contributed by atoms with Crippen LogP contribution in [0, 0.1) is 5.92 Å². The molecule has 3 aromatic heterocycles. The summed E-state index contributed by atoms with van der Waals surface area (Å²) in [5, 5.41) is 1.08. The molecule has 1 aromatic carbocycles. The molecule has 0 unspecified atom stereocenters. The molecule has 4 aromatic rings. The lowest BCUT2D eigenvalue weighted by atomic mass is 10.0. The van der Waals surface area contributed by atoms with Crippen LogP contribution in [0.1, 0.15) is 41.6 Å². The highest BCUT2D eigenvalue weighted by Gasteiger charge is 2.27. The molecule has 35 heavy (non-hydrogen) atoms. The maximum atomic E-state index is 12.6. The SMILES string of the molecule is C=C(c1cc(C(N)=O)c2c(c1)nc(-c1cc3cccnc3n1CC1CC1)n2C)N1CCC[C@@H](N)C1. The molecule has 1 saturated carbocycles. The first kappa shape index (κ1) is 21.9. The van der Waals surface area contributed by atoms with Crippen molar-refractivity contribution in [2.75, 3.05) is 13.1 Å². The highest BCUT2D eigenvalue weighted by Crippen LogP contribution is 2.37. The van der Waals surface area contributed by atoms with E-state index in [1.54, 1.807) is 0 Å². The van der Waals surface area contributed by atoms with Crippen molar-refractivity contribution in [2.45, 2.75) is 38.3 Å². The Morgan fingerprint density at radius 2 is 2.06 bits per heavy atom. The lowest BCUT2D eigenvalue weighted by Crippen LogP contribution is -2.41. The molecule has 0 bridgehead atoms. The number of likely N-dealkylation sites (tertiary alicyclic amines) is 1. The van der Waals surface area contributed by atoms with Crippen LogP contribution in [0.15, 0.2) is 43.1 Å². The van der Waals surface area contributed by atoms with Crippen LogP contribution in [0.3, 0.4) is 0 Å². The molecule has 1 amide bonds. The highest BCUT2D eigenvalue weighted by molar-refractivity contribution is 6.06. The number of nitrogens with zero attached hydrogens (tertiary/aromatic N) is 5. The number of imidazole rings is 1. The first-order valence-corrected chi connectivity index (χ1v) is 12.4. The van der Waals surface area contributed by atoms with Gasteiger partial charge in [0.05, 0.1) is 22.3 Å². The molecule has 1 saturated heterocycles. The van der Waals surface area contributed by atoms with Gasteiger partial charge in [-0.2, -0.15) is 0 Å². The number of aryl methyl sites for hydroxylation is 1. The maximum Gasteiger partial charge on any atom is 0.250 e. The number of hydrogen-bond acceptors (Lipinski definition) is 5. The number of carbonyl (C=O) groups is 1. The van der Waals surface area contributed by atoms with Crippen molar-refractivity contribution in [1.29, 1.82) is 0 Å². The second-order valence-corrected chi connectivity index (χ2v) is 10.0. The predicted molar refractivity (Wildman–Crippen MR) is 138 cm³/mol. The third kappa shape index (κ3) is 3.78. The fourth-order valence-corrected chi connectivity index (χ4v) is 5.39. The molecule has 2 fully saturated rings. The lowest BCUT2D eigenvalue weighted by Gasteiger charge is -2.34. The number of hydrogen-bond donors (Lipinski definition) is 2. The summed E-state index contributed by atoms with van der Waals surface area (Å²) in [7, 11) is 1.95. The van der Waals surface area contributed by atoms with E-state index in [0.717, 1.165) is 77.3 Å². The molecular weight excluding hydrogens is 438 g/mol. The van der Waals surface area contributed by atoms with Crippen molar-refractivity contribution in [2.24, 2.45) is 24.4 Å². The molecule has 180 valence electrons. The van der Waals surface area contributed by atoms with Gasteiger partial charge < -0.3 is 25.5 Å². The fourth-order valence-electron chi connectivity index (χ4n) is 5.39. The number of benzene rings is 1. The van der Waals surface area contributed by atoms with Crippen LogP contribution in [-0.4, -0.2) is 49.0 Å². The molecule has 0 radical (unpaired) electrons. The number of fused-ring (bicyclic) bond motifs is 2. The van der Waals surface area contributed by atoms with Gasteiger partial charge in [-0.1, -0.05) is 6.58 Å². The number of aromatic nitrogens is 4. The molecular formula is C27H31N7O. The molecule has 1 aliphatic heterocycles. The van der Waals surface area contributed by atoms with Gasteiger partial charge in [0.1, 0.15) is 5.65 Å². The third-order valence-corrected chi connectivity index (χ3v) is 7.43. The summed E-state index contributed by atoms with van der Waals surface area (Å²) in [6, 6.07) is 10.2. The number of piperidine rings is 1. The molecule has 8 heteroatoms. The van der Waals surface area contributed by atoms with E-state index in [0.29, 0.717) is 11.5 Å². The zero-order valence-electron chi connectivity index (χ0n) is 20.1. The summed E-state index contributed by atoms with van der Waals surface area (Å²) in [5.74, 6) is 0.992. The van der Waals surface area contributed by atoms with E-state index in [2.05, 4.69) is 33.2 Å². The lowest BCUT2D eigenvalue weighted by molar-refractivity contribution is 0.100. The molecule has 4 N–H and O–H groups in total. The number of carbonyl (C=O) groups excluding carboxylic acids is 1. The molecule has 1 atom stereocenters. The molecule has 2 aliphatic rings. The zero-order chi connectivity index (χ0) is 24.3. The highest BCUT2D eigenvalue weighted by atomic mass is 16.1. The summed E-state index contributed by atoms with van der Waals surface area (Å²) >= 11 is 0. The van der Waals surface area contributed by atoms with Crippen LogP contribution in [0.25, 0.3) is 39.3 Å². The standard InChI is InChI=1S/C27H31N7O/c1-16(33-10-4-6-20(28)15-33)19-11-21(25(29)35)24-22(12-19)31-27(32(24)2)23-13-18-5-3-9-30-26(18)34(23)14-17-7-8-17/h3,5,9,11-13,17,20H,1,4,6-8,10,14-15,28H2,2H3,(H2,29,35)/t20-/m1/s1. The maximum absolute atomic E-state index is 12.6. The van der Waals surface area contributed by atoms with Crippen LogP contribution >= 0.6 is 0 Å². The van der Waals surface area contributed by atoms with Crippen LogP contribution < -0.4 is 11.5 Å². The Kier molecular flexibility index (Phi) is 5.14. The normalized spacial score (nSPS) is 18.5. The van der Waals surface area contributed by atoms with Crippen LogP contribution in [0.5, 0.6) is 0 Å². The second kappa shape index (κ2) is 8.23. The summed E-state index contributed by atoms with van der Waals surface area (Å²) in [4.78, 5) is 24.5. The van der Waals surface area contributed by atoms with Crippen molar-refractivity contribution < 1.29 is 4.79 Å². The Labute approximate surface area is 204 Å². The smallest absolute Gasteiger partial charge is 0.250 e. The minimum atomic E-state index is -0.477. The fraction of sp³-hybridized carbons (Fsp3) is 0.370. The van der Waals surface area contributed by atoms with Crippen molar-refractivity contribution in [1.82, 2.24) is 24.0 Å². The molecule has 6 rings (SSSR count). The summed E-state index contributed by atoms with van der Waals surface area (Å²) in [6.07, 6.45) is 6.36. The number of primary amides is 1. The summed E-state index contributed by atoms with van der Waals surface area (Å²) in [5.41, 5.74) is 17.7. The van der Waals surface area contributed by atoms with Crippen molar-refractivity contribution >= 4 is 33.7 Å². The van der Waals surface area contributed by atoms with E-state index < -0.39 is 5.91 Å². The Hall–Kier alpha value is -3.65. The van der Waals surface area contributed by atoms with Gasteiger partial charge in [-0.15, -0.1) is 0 Å². The minimum absolute atomic E-state index is 0.128. The van der Waals surface area contributed by atoms with E-state index in [1.807, 2.05) is 36.0 Å². The number of nitrogens with two attached hydrogens (primary N) is 2. The number of rotatable bonds is 6. The van der Waals surface area contributed by atoms with Gasteiger partial charge in [-0.25, -0.2) is 9.97 Å². The first-order valence-electron chi connectivity index (χ1n) is 12.4. The van der Waals surface area contributed by atoms with Gasteiger partial charge in [-0.05, 0) is 61.9 Å². The Balaban J connectivity index is 1.50. The monoisotopic (exact) mass is 469 g/mol.